The highest BCUT2D eigenvalue weighted by Crippen LogP contribution is 2.16. The highest BCUT2D eigenvalue weighted by atomic mass is 16.7. The van der Waals surface area contributed by atoms with Crippen LogP contribution in [0.2, 0.25) is 0 Å². The summed E-state index contributed by atoms with van der Waals surface area (Å²) >= 11 is 0. The van der Waals surface area contributed by atoms with Crippen LogP contribution in [0.3, 0.4) is 0 Å². The minimum atomic E-state index is -1.52. The minimum Gasteiger partial charge on any atom is -0.477 e. The number of carbonyl (C=O) groups excluding carboxylic acids is 2. The predicted octanol–water partition coefficient (Wildman–Crippen LogP) is 17.2. The Labute approximate surface area is 442 Å². The van der Waals surface area contributed by atoms with Crippen LogP contribution >= 0.6 is 0 Å². The van der Waals surface area contributed by atoms with Crippen LogP contribution in [0.15, 0.2) is 85.1 Å². The van der Waals surface area contributed by atoms with E-state index in [4.69, 9.17) is 18.9 Å². The average Bonchev–Trinajstić information content (AvgIpc) is 3.35. The number of hydrogen-bond acceptors (Lipinski definition) is 7. The van der Waals surface area contributed by atoms with Gasteiger partial charge in [-0.2, -0.15) is 0 Å². The summed E-state index contributed by atoms with van der Waals surface area (Å²) in [7, 11) is 5.96. The zero-order valence-corrected chi connectivity index (χ0v) is 47.1. The maximum atomic E-state index is 12.9. The standard InChI is InChI=1S/C63H109NO8/c1-6-8-10-12-14-16-18-20-22-24-26-27-28-29-30-31-32-33-34-35-36-38-40-42-44-46-48-50-52-54-61(66)72-59(58-71-63(62(67)68)69-56-55-64(3,4)5)57-70-60(65)53-51-49-47-45-43-41-39-37-25-23-21-19-17-15-13-11-9-7-2/h8,10,14,16,20,22,26-27,29-30,32-33,35-36,59,63H,6-7,9,11-13,15,17-19,21,23-25,28,31,34,37-58H2,1-5H3/p+1/b10-8-,16-14-,22-20-,27-26-,30-29-,33-32-,36-35-. The Bertz CT molecular complexity index is 1450. The number of nitrogens with zero attached hydrogens (tertiary/aromatic N) is 1. The number of carbonyl (C=O) groups is 3. The molecule has 0 aromatic carbocycles. The van der Waals surface area contributed by atoms with Gasteiger partial charge in [0.05, 0.1) is 34.4 Å². The van der Waals surface area contributed by atoms with Gasteiger partial charge in [-0.3, -0.25) is 9.59 Å². The lowest BCUT2D eigenvalue weighted by atomic mass is 10.0. The van der Waals surface area contributed by atoms with Crippen LogP contribution in [-0.2, 0) is 33.3 Å². The van der Waals surface area contributed by atoms with Crippen LogP contribution < -0.4 is 0 Å². The highest BCUT2D eigenvalue weighted by Gasteiger charge is 2.25. The van der Waals surface area contributed by atoms with E-state index in [9.17, 15) is 19.5 Å². The van der Waals surface area contributed by atoms with Crippen molar-refractivity contribution in [1.82, 2.24) is 0 Å². The van der Waals surface area contributed by atoms with Crippen molar-refractivity contribution in [3.8, 4) is 0 Å². The molecule has 414 valence electrons. The van der Waals surface area contributed by atoms with Gasteiger partial charge in [-0.05, 0) is 70.6 Å². The molecule has 0 fully saturated rings. The molecule has 0 heterocycles. The minimum absolute atomic E-state index is 0.183. The molecular formula is C63H110NO8+. The van der Waals surface area contributed by atoms with Gasteiger partial charge in [0.1, 0.15) is 13.2 Å². The van der Waals surface area contributed by atoms with Gasteiger partial charge in [0.15, 0.2) is 6.10 Å². The van der Waals surface area contributed by atoms with E-state index in [1.807, 2.05) is 21.1 Å². The van der Waals surface area contributed by atoms with Gasteiger partial charge < -0.3 is 28.5 Å². The third-order valence-corrected chi connectivity index (χ3v) is 12.4. The molecule has 0 saturated carbocycles. The number of likely N-dealkylation sites (N-methyl/N-ethyl adjacent to an activating group) is 1. The van der Waals surface area contributed by atoms with Gasteiger partial charge in [-0.15, -0.1) is 0 Å². The Morgan fingerprint density at radius 2 is 0.792 bits per heavy atom. The number of carboxylic acid groups (broad SMARTS) is 1. The monoisotopic (exact) mass is 1010 g/mol. The molecular weight excluding hydrogens is 899 g/mol. The van der Waals surface area contributed by atoms with Gasteiger partial charge >= 0.3 is 17.9 Å². The summed E-state index contributed by atoms with van der Waals surface area (Å²) in [6, 6.07) is 0. The van der Waals surface area contributed by atoms with E-state index in [1.165, 1.54) is 116 Å². The van der Waals surface area contributed by atoms with Crippen molar-refractivity contribution in [2.24, 2.45) is 0 Å². The van der Waals surface area contributed by atoms with Crippen LogP contribution in [0.1, 0.15) is 239 Å². The largest absolute Gasteiger partial charge is 0.477 e. The third kappa shape index (κ3) is 54.2. The molecule has 0 spiro atoms. The topological polar surface area (TPSA) is 108 Å². The first-order valence-electron chi connectivity index (χ1n) is 29.3. The molecule has 9 nitrogen and oxygen atoms in total. The number of rotatable bonds is 53. The maximum absolute atomic E-state index is 12.9. The molecule has 0 amide bonds. The Morgan fingerprint density at radius 3 is 1.18 bits per heavy atom. The second-order valence-electron chi connectivity index (χ2n) is 20.6. The molecule has 0 saturated heterocycles. The summed E-state index contributed by atoms with van der Waals surface area (Å²) < 4.78 is 22.9. The fourth-order valence-electron chi connectivity index (χ4n) is 7.94. The predicted molar refractivity (Wildman–Crippen MR) is 304 cm³/mol. The molecule has 2 atom stereocenters. The van der Waals surface area contributed by atoms with Crippen LogP contribution in [-0.4, -0.2) is 87.4 Å². The summed E-state index contributed by atoms with van der Waals surface area (Å²) in [5.41, 5.74) is 0. The van der Waals surface area contributed by atoms with Crippen molar-refractivity contribution in [2.45, 2.75) is 251 Å². The first-order chi connectivity index (χ1) is 35.1. The molecule has 2 unspecified atom stereocenters. The lowest BCUT2D eigenvalue weighted by Gasteiger charge is -2.25. The first-order valence-corrected chi connectivity index (χ1v) is 29.3. The van der Waals surface area contributed by atoms with E-state index in [0.717, 1.165) is 89.9 Å². The Balaban J connectivity index is 4.28. The molecule has 72 heavy (non-hydrogen) atoms. The van der Waals surface area contributed by atoms with Gasteiger partial charge in [0.2, 0.25) is 0 Å². The molecule has 0 aromatic heterocycles. The third-order valence-electron chi connectivity index (χ3n) is 12.4. The van der Waals surface area contributed by atoms with E-state index in [1.54, 1.807) is 0 Å². The zero-order valence-electron chi connectivity index (χ0n) is 47.1. The molecule has 0 aliphatic heterocycles. The van der Waals surface area contributed by atoms with Gasteiger partial charge in [-0.25, -0.2) is 4.79 Å². The number of allylic oxidation sites excluding steroid dienone is 14. The Morgan fingerprint density at radius 1 is 0.431 bits per heavy atom. The molecule has 0 aliphatic carbocycles. The Hall–Kier alpha value is -3.53. The average molecular weight is 1010 g/mol. The number of unbranched alkanes of at least 4 members (excludes halogenated alkanes) is 24. The molecule has 1 N–H and O–H groups in total. The van der Waals surface area contributed by atoms with Crippen molar-refractivity contribution in [2.75, 3.05) is 47.5 Å². The van der Waals surface area contributed by atoms with Crippen LogP contribution in [0, 0.1) is 0 Å². The molecule has 0 radical (unpaired) electrons. The van der Waals surface area contributed by atoms with E-state index in [0.29, 0.717) is 23.9 Å². The lowest BCUT2D eigenvalue weighted by Crippen LogP contribution is -2.40. The van der Waals surface area contributed by atoms with E-state index in [2.05, 4.69) is 98.9 Å². The van der Waals surface area contributed by atoms with Crippen LogP contribution in [0.4, 0.5) is 0 Å². The number of quaternary nitrogens is 1. The zero-order chi connectivity index (χ0) is 52.7. The number of carboxylic acids is 1. The molecule has 0 aromatic rings. The van der Waals surface area contributed by atoms with Gasteiger partial charge in [0, 0.05) is 12.8 Å². The van der Waals surface area contributed by atoms with Gasteiger partial charge in [-0.1, -0.05) is 240 Å². The van der Waals surface area contributed by atoms with Gasteiger partial charge in [0.25, 0.3) is 6.29 Å². The molecule has 9 heteroatoms. The number of aliphatic carboxylic acids is 1. The second kappa shape index (κ2) is 53.8. The maximum Gasteiger partial charge on any atom is 0.361 e. The Kier molecular flexibility index (Phi) is 51.1. The highest BCUT2D eigenvalue weighted by molar-refractivity contribution is 5.71. The summed E-state index contributed by atoms with van der Waals surface area (Å²) in [6.45, 7) is 4.76. The molecule has 0 bridgehead atoms. The van der Waals surface area contributed by atoms with Crippen molar-refractivity contribution in [3.63, 3.8) is 0 Å². The smallest absolute Gasteiger partial charge is 0.361 e. The number of esters is 2. The fraction of sp³-hybridized carbons (Fsp3) is 0.730. The molecule has 0 aliphatic rings. The fourth-order valence-corrected chi connectivity index (χ4v) is 7.94. The lowest BCUT2D eigenvalue weighted by molar-refractivity contribution is -0.870. The quantitative estimate of drug-likeness (QED) is 0.0211. The van der Waals surface area contributed by atoms with Crippen LogP contribution in [0.25, 0.3) is 0 Å². The van der Waals surface area contributed by atoms with E-state index in [-0.39, 0.29) is 32.2 Å². The van der Waals surface area contributed by atoms with E-state index >= 15 is 0 Å². The second-order valence-corrected chi connectivity index (χ2v) is 20.6. The van der Waals surface area contributed by atoms with Crippen molar-refractivity contribution < 1.29 is 42.9 Å². The number of ether oxygens (including phenoxy) is 4. The van der Waals surface area contributed by atoms with Crippen molar-refractivity contribution in [3.05, 3.63) is 85.1 Å². The summed E-state index contributed by atoms with van der Waals surface area (Å²) in [5, 5.41) is 9.70. The normalized spacial score (nSPS) is 13.4. The van der Waals surface area contributed by atoms with E-state index < -0.39 is 24.3 Å². The van der Waals surface area contributed by atoms with Crippen molar-refractivity contribution in [1.29, 1.82) is 0 Å². The number of hydrogen-bond donors (Lipinski definition) is 1. The SMILES string of the molecule is CC/C=C\C/C=C\C/C=C\C/C=C\C/C=C\C/C=C\C/C=C\CCCCCCCCCC(=O)OC(COC(=O)CCCCCCCCCCCCCCCCCCCC)COC(OCC[N+](C)(C)C)C(=O)O. The van der Waals surface area contributed by atoms with Crippen LogP contribution in [0.5, 0.6) is 0 Å². The molecule has 0 rings (SSSR count). The summed E-state index contributed by atoms with van der Waals surface area (Å²) in [4.78, 5) is 37.4. The first kappa shape index (κ1) is 68.5. The summed E-state index contributed by atoms with van der Waals surface area (Å²) in [5.74, 6) is -2.02. The summed E-state index contributed by atoms with van der Waals surface area (Å²) in [6.07, 6.45) is 68.0. The van der Waals surface area contributed by atoms with Crippen molar-refractivity contribution >= 4 is 17.9 Å².